The Hall–Kier alpha value is -1.96. The molecule has 2 rings (SSSR count). The molecule has 1 aliphatic rings. The van der Waals surface area contributed by atoms with E-state index in [4.69, 9.17) is 5.73 Å². The first-order valence-electron chi connectivity index (χ1n) is 7.27. The molecule has 1 atom stereocenters. The first-order valence-corrected chi connectivity index (χ1v) is 7.27. The third kappa shape index (κ3) is 5.14. The monoisotopic (exact) mass is 294 g/mol. The van der Waals surface area contributed by atoms with Gasteiger partial charge in [-0.15, -0.1) is 5.10 Å². The van der Waals surface area contributed by atoms with E-state index in [1.54, 1.807) is 17.1 Å². The van der Waals surface area contributed by atoms with E-state index < -0.39 is 0 Å². The average Bonchev–Trinajstić information content (AvgIpc) is 2.96. The van der Waals surface area contributed by atoms with Crippen molar-refractivity contribution in [3.63, 3.8) is 0 Å². The van der Waals surface area contributed by atoms with Crippen molar-refractivity contribution in [3.05, 3.63) is 12.4 Å². The Bertz CT molecular complexity index is 461. The Labute approximate surface area is 123 Å². The normalized spacial score (nSPS) is 19.3. The molecule has 2 amide bonds. The highest BCUT2D eigenvalue weighted by atomic mass is 16.2. The van der Waals surface area contributed by atoms with Gasteiger partial charge in [0.15, 0.2) is 0 Å². The van der Waals surface area contributed by atoms with E-state index >= 15 is 0 Å². The largest absolute Gasteiger partial charge is 0.369 e. The lowest BCUT2D eigenvalue weighted by Crippen LogP contribution is -2.45. The second kappa shape index (κ2) is 7.72. The van der Waals surface area contributed by atoms with Crippen LogP contribution in [0, 0.1) is 5.92 Å². The van der Waals surface area contributed by atoms with Gasteiger partial charge in [-0.05, 0) is 25.8 Å². The van der Waals surface area contributed by atoms with Gasteiger partial charge in [-0.3, -0.25) is 19.2 Å². The van der Waals surface area contributed by atoms with Crippen LogP contribution in [0.4, 0.5) is 0 Å². The maximum Gasteiger partial charge on any atom is 0.231 e. The summed E-state index contributed by atoms with van der Waals surface area (Å²) < 4.78 is 1.74. The van der Waals surface area contributed by atoms with Crippen molar-refractivity contribution in [1.29, 1.82) is 0 Å². The molecule has 1 aliphatic heterocycles. The number of hydrogen-bond donors (Lipinski definition) is 2. The van der Waals surface area contributed by atoms with Gasteiger partial charge in [0.1, 0.15) is 0 Å². The van der Waals surface area contributed by atoms with Gasteiger partial charge in [-0.2, -0.15) is 0 Å². The van der Waals surface area contributed by atoms with Crippen molar-refractivity contribution in [2.24, 2.45) is 11.7 Å². The third-order valence-electron chi connectivity index (χ3n) is 3.59. The van der Waals surface area contributed by atoms with E-state index in [0.717, 1.165) is 32.4 Å². The second-order valence-corrected chi connectivity index (χ2v) is 5.35. The summed E-state index contributed by atoms with van der Waals surface area (Å²) in [6.07, 6.45) is 6.03. The van der Waals surface area contributed by atoms with Crippen LogP contribution in [-0.2, 0) is 16.1 Å². The SMILES string of the molecule is NC(=O)CN1CCC[C@@H](C(=O)NCCCn2ccnn2)C1. The minimum atomic E-state index is -0.344. The van der Waals surface area contributed by atoms with Crippen LogP contribution in [0.15, 0.2) is 12.4 Å². The first-order chi connectivity index (χ1) is 10.1. The number of piperidine rings is 1. The number of nitrogens with two attached hydrogens (primary N) is 1. The van der Waals surface area contributed by atoms with E-state index in [-0.39, 0.29) is 24.3 Å². The zero-order chi connectivity index (χ0) is 15.1. The molecular weight excluding hydrogens is 272 g/mol. The van der Waals surface area contributed by atoms with Crippen LogP contribution in [-0.4, -0.2) is 57.9 Å². The van der Waals surface area contributed by atoms with Gasteiger partial charge in [-0.25, -0.2) is 0 Å². The Morgan fingerprint density at radius 3 is 3.00 bits per heavy atom. The number of carbonyl (C=O) groups is 2. The smallest absolute Gasteiger partial charge is 0.231 e. The summed E-state index contributed by atoms with van der Waals surface area (Å²) in [4.78, 5) is 25.0. The molecule has 21 heavy (non-hydrogen) atoms. The number of carbonyl (C=O) groups excluding carboxylic acids is 2. The first kappa shape index (κ1) is 15.4. The van der Waals surface area contributed by atoms with Gasteiger partial charge in [0.05, 0.1) is 18.7 Å². The fraction of sp³-hybridized carbons (Fsp3) is 0.692. The molecule has 8 heteroatoms. The van der Waals surface area contributed by atoms with E-state index in [1.807, 2.05) is 4.90 Å². The van der Waals surface area contributed by atoms with Crippen molar-refractivity contribution >= 4 is 11.8 Å². The summed E-state index contributed by atoms with van der Waals surface area (Å²) in [5.74, 6) is -0.337. The van der Waals surface area contributed by atoms with Gasteiger partial charge >= 0.3 is 0 Å². The number of nitrogens with one attached hydrogen (secondary N) is 1. The van der Waals surface area contributed by atoms with Gasteiger partial charge in [0.2, 0.25) is 11.8 Å². The molecule has 2 heterocycles. The fourth-order valence-corrected chi connectivity index (χ4v) is 2.58. The molecule has 1 aromatic rings. The molecular formula is C13H22N6O2. The minimum absolute atomic E-state index is 0.0514. The molecule has 0 aliphatic carbocycles. The zero-order valence-corrected chi connectivity index (χ0v) is 12.1. The molecule has 0 spiro atoms. The molecule has 8 nitrogen and oxygen atoms in total. The average molecular weight is 294 g/mol. The number of nitrogens with zero attached hydrogens (tertiary/aromatic N) is 4. The zero-order valence-electron chi connectivity index (χ0n) is 12.1. The molecule has 0 radical (unpaired) electrons. The van der Waals surface area contributed by atoms with E-state index in [2.05, 4.69) is 15.6 Å². The Morgan fingerprint density at radius 2 is 2.29 bits per heavy atom. The van der Waals surface area contributed by atoms with Crippen molar-refractivity contribution in [2.45, 2.75) is 25.8 Å². The summed E-state index contributed by atoms with van der Waals surface area (Å²) in [5.41, 5.74) is 5.19. The van der Waals surface area contributed by atoms with Crippen LogP contribution in [0.2, 0.25) is 0 Å². The lowest BCUT2D eigenvalue weighted by Gasteiger charge is -2.30. The van der Waals surface area contributed by atoms with Gasteiger partial charge in [-0.1, -0.05) is 5.21 Å². The van der Waals surface area contributed by atoms with E-state index in [0.29, 0.717) is 13.1 Å². The molecule has 0 bridgehead atoms. The predicted molar refractivity (Wildman–Crippen MR) is 76.0 cm³/mol. The standard InChI is InChI=1S/C13H22N6O2/c14-12(20)10-18-6-1-3-11(9-18)13(21)15-4-2-7-19-8-5-16-17-19/h5,8,11H,1-4,6-7,9-10H2,(H2,14,20)(H,15,21)/t11-/m1/s1. The quantitative estimate of drug-likeness (QED) is 0.626. The topological polar surface area (TPSA) is 106 Å². The van der Waals surface area contributed by atoms with Crippen LogP contribution in [0.1, 0.15) is 19.3 Å². The molecule has 1 saturated heterocycles. The highest BCUT2D eigenvalue weighted by Gasteiger charge is 2.25. The number of likely N-dealkylation sites (tertiary alicyclic amines) is 1. The summed E-state index contributed by atoms with van der Waals surface area (Å²) in [6.45, 7) is 3.02. The summed E-state index contributed by atoms with van der Waals surface area (Å²) in [5, 5.41) is 10.5. The number of hydrogen-bond acceptors (Lipinski definition) is 5. The Balaban J connectivity index is 1.66. The Kier molecular flexibility index (Phi) is 5.68. The van der Waals surface area contributed by atoms with Crippen LogP contribution in [0.5, 0.6) is 0 Å². The summed E-state index contributed by atoms with van der Waals surface area (Å²) >= 11 is 0. The predicted octanol–water partition coefficient (Wildman–Crippen LogP) is -1.02. The van der Waals surface area contributed by atoms with Crippen LogP contribution in [0.3, 0.4) is 0 Å². The highest BCUT2D eigenvalue weighted by molar-refractivity contribution is 5.79. The highest BCUT2D eigenvalue weighted by Crippen LogP contribution is 2.16. The van der Waals surface area contributed by atoms with Crippen LogP contribution >= 0.6 is 0 Å². The van der Waals surface area contributed by atoms with Crippen molar-refractivity contribution in [2.75, 3.05) is 26.2 Å². The van der Waals surface area contributed by atoms with Crippen molar-refractivity contribution < 1.29 is 9.59 Å². The van der Waals surface area contributed by atoms with Crippen molar-refractivity contribution in [3.8, 4) is 0 Å². The van der Waals surface area contributed by atoms with Gasteiger partial charge < -0.3 is 11.1 Å². The number of aryl methyl sites for hydroxylation is 1. The number of rotatable bonds is 7. The van der Waals surface area contributed by atoms with Crippen LogP contribution in [0.25, 0.3) is 0 Å². The number of primary amides is 1. The molecule has 0 unspecified atom stereocenters. The number of amides is 2. The lowest BCUT2D eigenvalue weighted by atomic mass is 9.97. The van der Waals surface area contributed by atoms with Gasteiger partial charge in [0, 0.05) is 25.8 Å². The number of aromatic nitrogens is 3. The molecule has 1 fully saturated rings. The maximum atomic E-state index is 12.1. The van der Waals surface area contributed by atoms with Crippen LogP contribution < -0.4 is 11.1 Å². The molecule has 0 saturated carbocycles. The third-order valence-corrected chi connectivity index (χ3v) is 3.59. The molecule has 1 aromatic heterocycles. The summed E-state index contributed by atoms with van der Waals surface area (Å²) in [7, 11) is 0. The van der Waals surface area contributed by atoms with E-state index in [1.165, 1.54) is 0 Å². The second-order valence-electron chi connectivity index (χ2n) is 5.35. The fourth-order valence-electron chi connectivity index (χ4n) is 2.58. The molecule has 3 N–H and O–H groups in total. The van der Waals surface area contributed by atoms with Crippen molar-refractivity contribution in [1.82, 2.24) is 25.2 Å². The summed E-state index contributed by atoms with van der Waals surface area (Å²) in [6, 6.07) is 0. The Morgan fingerprint density at radius 1 is 1.43 bits per heavy atom. The lowest BCUT2D eigenvalue weighted by molar-refractivity contribution is -0.128. The molecule has 0 aromatic carbocycles. The van der Waals surface area contributed by atoms with Gasteiger partial charge in [0.25, 0.3) is 0 Å². The minimum Gasteiger partial charge on any atom is -0.369 e. The maximum absolute atomic E-state index is 12.1. The molecule has 116 valence electrons. The van der Waals surface area contributed by atoms with E-state index in [9.17, 15) is 9.59 Å².